The SMILES string of the molecule is CC(=O)C(=[N+]=[N-])C(=O)CCC(=O)C(=[N+]=[N-])C(C)=O. The topological polar surface area (TPSA) is 141 Å². The highest BCUT2D eigenvalue weighted by molar-refractivity contribution is 6.65. The lowest BCUT2D eigenvalue weighted by Crippen LogP contribution is -2.27. The van der Waals surface area contributed by atoms with Crippen molar-refractivity contribution in [3.05, 3.63) is 11.1 Å². The number of rotatable bonds is 7. The van der Waals surface area contributed by atoms with Crippen LogP contribution in [0.15, 0.2) is 0 Å². The zero-order chi connectivity index (χ0) is 14.3. The molecule has 8 heteroatoms. The highest BCUT2D eigenvalue weighted by Crippen LogP contribution is 1.97. The molecule has 0 radical (unpaired) electrons. The maximum atomic E-state index is 11.3. The summed E-state index contributed by atoms with van der Waals surface area (Å²) in [7, 11) is 0. The fourth-order valence-corrected chi connectivity index (χ4v) is 1.11. The summed E-state index contributed by atoms with van der Waals surface area (Å²) in [6, 6.07) is 0. The predicted molar refractivity (Wildman–Crippen MR) is 57.9 cm³/mol. The van der Waals surface area contributed by atoms with Crippen LogP contribution in [0.3, 0.4) is 0 Å². The molecule has 0 amide bonds. The standard InChI is InChI=1S/C10H10N4O4/c1-5(15)9(13-11)7(17)3-4-8(18)10(14-12)6(2)16/h3-4H2,1-2H3. The lowest BCUT2D eigenvalue weighted by molar-refractivity contribution is -0.127. The number of hydrogen-bond donors (Lipinski definition) is 0. The van der Waals surface area contributed by atoms with Crippen LogP contribution in [0.1, 0.15) is 26.7 Å². The maximum absolute atomic E-state index is 11.3. The number of ketones is 4. The molecule has 0 bridgehead atoms. The molecule has 0 aliphatic heterocycles. The first-order chi connectivity index (χ1) is 8.34. The van der Waals surface area contributed by atoms with Crippen LogP contribution in [-0.4, -0.2) is 44.1 Å². The molecule has 18 heavy (non-hydrogen) atoms. The van der Waals surface area contributed by atoms with Gasteiger partial charge in [0.2, 0.25) is 23.1 Å². The van der Waals surface area contributed by atoms with Crippen LogP contribution in [0.25, 0.3) is 11.1 Å². The number of nitrogens with zero attached hydrogens (tertiary/aromatic N) is 4. The van der Waals surface area contributed by atoms with Gasteiger partial charge in [-0.1, -0.05) is 0 Å². The summed E-state index contributed by atoms with van der Waals surface area (Å²) in [5, 5.41) is 0. The Morgan fingerprint density at radius 3 is 1.22 bits per heavy atom. The van der Waals surface area contributed by atoms with Crippen LogP contribution in [-0.2, 0) is 19.2 Å². The summed E-state index contributed by atoms with van der Waals surface area (Å²) >= 11 is 0. The van der Waals surface area contributed by atoms with E-state index in [-0.39, 0.29) is 0 Å². The van der Waals surface area contributed by atoms with E-state index in [9.17, 15) is 19.2 Å². The van der Waals surface area contributed by atoms with Gasteiger partial charge in [0.05, 0.1) is 0 Å². The second-order valence-electron chi connectivity index (χ2n) is 3.36. The van der Waals surface area contributed by atoms with Gasteiger partial charge in [-0.2, -0.15) is 9.58 Å². The maximum Gasteiger partial charge on any atom is 0.399 e. The Kier molecular flexibility index (Phi) is 5.92. The molecular formula is C10H10N4O4. The smallest absolute Gasteiger partial charge is 0.360 e. The first-order valence-electron chi connectivity index (χ1n) is 4.87. The Morgan fingerprint density at radius 2 is 1.06 bits per heavy atom. The molecule has 0 aliphatic rings. The first kappa shape index (κ1) is 15.4. The predicted octanol–water partition coefficient (Wildman–Crippen LogP) is -0.576. The first-order valence-corrected chi connectivity index (χ1v) is 4.87. The molecule has 8 nitrogen and oxygen atoms in total. The highest BCUT2D eigenvalue weighted by atomic mass is 16.2. The van der Waals surface area contributed by atoms with Gasteiger partial charge in [0.25, 0.3) is 0 Å². The van der Waals surface area contributed by atoms with Crippen LogP contribution < -0.4 is 0 Å². The molecule has 0 fully saturated rings. The molecule has 0 saturated carbocycles. The summed E-state index contributed by atoms with van der Waals surface area (Å²) in [5.41, 5.74) is 15.5. The average molecular weight is 250 g/mol. The lowest BCUT2D eigenvalue weighted by Gasteiger charge is -1.92. The van der Waals surface area contributed by atoms with Gasteiger partial charge in [-0.25, -0.2) is 0 Å². The number of carbonyl (C=O) groups excluding carboxylic acids is 4. The van der Waals surface area contributed by atoms with Gasteiger partial charge in [0, 0.05) is 26.7 Å². The molecule has 0 heterocycles. The van der Waals surface area contributed by atoms with Crippen LogP contribution in [0, 0.1) is 0 Å². The van der Waals surface area contributed by atoms with E-state index in [4.69, 9.17) is 11.1 Å². The minimum Gasteiger partial charge on any atom is -0.360 e. The van der Waals surface area contributed by atoms with Gasteiger partial charge in [0.15, 0.2) is 0 Å². The van der Waals surface area contributed by atoms with E-state index in [1.165, 1.54) is 0 Å². The lowest BCUT2D eigenvalue weighted by atomic mass is 10.0. The zero-order valence-corrected chi connectivity index (χ0v) is 9.84. The molecule has 0 aromatic rings. The molecule has 94 valence electrons. The van der Waals surface area contributed by atoms with Crippen molar-refractivity contribution >= 4 is 34.6 Å². The summed E-state index contributed by atoms with van der Waals surface area (Å²) < 4.78 is 0. The molecule has 0 atom stereocenters. The van der Waals surface area contributed by atoms with Crippen LogP contribution in [0.5, 0.6) is 0 Å². The minimum atomic E-state index is -0.834. The number of Topliss-reactive ketones (excluding diaryl/α,β-unsaturated/α-hetero) is 4. The van der Waals surface area contributed by atoms with Crippen molar-refractivity contribution in [1.82, 2.24) is 0 Å². The van der Waals surface area contributed by atoms with Gasteiger partial charge in [-0.15, -0.1) is 0 Å². The van der Waals surface area contributed by atoms with E-state index >= 15 is 0 Å². The van der Waals surface area contributed by atoms with Crippen molar-refractivity contribution in [3.63, 3.8) is 0 Å². The molecule has 0 aromatic carbocycles. The van der Waals surface area contributed by atoms with Crippen LogP contribution >= 0.6 is 0 Å². The third-order valence-corrected chi connectivity index (χ3v) is 1.97. The fourth-order valence-electron chi connectivity index (χ4n) is 1.11. The molecule has 0 saturated heterocycles. The summed E-state index contributed by atoms with van der Waals surface area (Å²) in [6.45, 7) is 2.07. The Labute approximate surface area is 102 Å². The molecule has 0 spiro atoms. The normalized spacial score (nSPS) is 8.78. The van der Waals surface area contributed by atoms with Crippen molar-refractivity contribution in [2.45, 2.75) is 26.7 Å². The van der Waals surface area contributed by atoms with Crippen molar-refractivity contribution in [2.24, 2.45) is 0 Å². The number of carbonyl (C=O) groups is 4. The zero-order valence-electron chi connectivity index (χ0n) is 9.84. The molecular weight excluding hydrogens is 240 g/mol. The van der Waals surface area contributed by atoms with Crippen LogP contribution in [0.4, 0.5) is 0 Å². The molecule has 0 unspecified atom stereocenters. The second-order valence-corrected chi connectivity index (χ2v) is 3.36. The van der Waals surface area contributed by atoms with E-state index in [1.807, 2.05) is 0 Å². The second kappa shape index (κ2) is 6.90. The average Bonchev–Trinajstić information content (AvgIpc) is 2.27. The largest absolute Gasteiger partial charge is 0.399 e. The molecule has 0 rings (SSSR count). The van der Waals surface area contributed by atoms with Gasteiger partial charge in [0.1, 0.15) is 0 Å². The Hall–Kier alpha value is -2.56. The Morgan fingerprint density at radius 1 is 0.778 bits per heavy atom. The highest BCUT2D eigenvalue weighted by Gasteiger charge is 2.29. The van der Waals surface area contributed by atoms with Gasteiger partial charge >= 0.3 is 11.4 Å². The van der Waals surface area contributed by atoms with Gasteiger partial charge < -0.3 is 11.1 Å². The molecule has 0 aliphatic carbocycles. The third-order valence-electron chi connectivity index (χ3n) is 1.97. The molecule has 0 N–H and O–H groups in total. The Balaban J connectivity index is 4.71. The minimum absolute atomic E-state index is 0.426. The van der Waals surface area contributed by atoms with Gasteiger partial charge in [-0.3, -0.25) is 19.2 Å². The third kappa shape index (κ3) is 4.13. The van der Waals surface area contributed by atoms with Crippen molar-refractivity contribution in [3.8, 4) is 0 Å². The van der Waals surface area contributed by atoms with Crippen molar-refractivity contribution < 1.29 is 28.8 Å². The summed E-state index contributed by atoms with van der Waals surface area (Å²) in [4.78, 5) is 49.4. The monoisotopic (exact) mass is 250 g/mol. The fraction of sp³-hybridized carbons (Fsp3) is 0.400. The van der Waals surface area contributed by atoms with E-state index in [2.05, 4.69) is 9.58 Å². The van der Waals surface area contributed by atoms with E-state index in [1.54, 1.807) is 0 Å². The molecule has 0 aromatic heterocycles. The van der Waals surface area contributed by atoms with Crippen LogP contribution in [0.2, 0.25) is 0 Å². The van der Waals surface area contributed by atoms with Crippen molar-refractivity contribution in [1.29, 1.82) is 0 Å². The number of hydrogen-bond acceptors (Lipinski definition) is 4. The van der Waals surface area contributed by atoms with E-state index in [0.29, 0.717) is 0 Å². The summed E-state index contributed by atoms with van der Waals surface area (Å²) in [6.07, 6.45) is -0.853. The summed E-state index contributed by atoms with van der Waals surface area (Å²) in [5.74, 6) is -3.14. The van der Waals surface area contributed by atoms with Gasteiger partial charge in [-0.05, 0) is 0 Å². The van der Waals surface area contributed by atoms with E-state index in [0.717, 1.165) is 13.8 Å². The van der Waals surface area contributed by atoms with Crippen molar-refractivity contribution in [2.75, 3.05) is 0 Å². The quantitative estimate of drug-likeness (QED) is 0.258. The Bertz CT molecular complexity index is 474. The van der Waals surface area contributed by atoms with E-state index < -0.39 is 47.4 Å².